The maximum atomic E-state index is 10.2. The molecule has 0 saturated heterocycles. The van der Waals surface area contributed by atoms with Crippen molar-refractivity contribution in [2.24, 2.45) is 11.8 Å². The maximum Gasteiger partial charge on any atom is 0.0820 e. The minimum Gasteiger partial charge on any atom is -0.388 e. The van der Waals surface area contributed by atoms with Crippen molar-refractivity contribution in [1.29, 1.82) is 0 Å². The molecule has 0 heterocycles. The van der Waals surface area contributed by atoms with Crippen molar-refractivity contribution in [2.75, 3.05) is 0 Å². The smallest absolute Gasteiger partial charge is 0.0820 e. The molecule has 0 aromatic heterocycles. The number of rotatable bonds is 3. The molecule has 2 aliphatic carbocycles. The van der Waals surface area contributed by atoms with Crippen LogP contribution in [-0.2, 0) is 0 Å². The largest absolute Gasteiger partial charge is 0.388 e. The van der Waals surface area contributed by atoms with Crippen LogP contribution < -0.4 is 0 Å². The van der Waals surface area contributed by atoms with E-state index in [0.717, 1.165) is 11.5 Å². The van der Waals surface area contributed by atoms with Crippen molar-refractivity contribution in [3.63, 3.8) is 0 Å². The molecule has 98 valence electrons. The third-order valence-corrected chi connectivity index (χ3v) is 4.93. The third-order valence-electron chi connectivity index (χ3n) is 4.93. The lowest BCUT2D eigenvalue weighted by molar-refractivity contribution is 0.148. The SMILES string of the molecule is CC1CC1C(O)c1ccc(C2CCCCC2)cc1. The lowest BCUT2D eigenvalue weighted by atomic mass is 9.83. The van der Waals surface area contributed by atoms with Gasteiger partial charge in [0.05, 0.1) is 6.10 Å². The Hall–Kier alpha value is -0.820. The van der Waals surface area contributed by atoms with Crippen LogP contribution in [0.25, 0.3) is 0 Å². The highest BCUT2D eigenvalue weighted by Gasteiger charge is 2.39. The zero-order valence-electron chi connectivity index (χ0n) is 11.3. The Morgan fingerprint density at radius 2 is 1.67 bits per heavy atom. The van der Waals surface area contributed by atoms with Crippen LogP contribution >= 0.6 is 0 Å². The van der Waals surface area contributed by atoms with Crippen molar-refractivity contribution < 1.29 is 5.11 Å². The fourth-order valence-electron chi connectivity index (χ4n) is 3.44. The normalized spacial score (nSPS) is 30.1. The predicted molar refractivity (Wildman–Crippen MR) is 74.5 cm³/mol. The molecule has 0 aliphatic heterocycles. The first-order chi connectivity index (χ1) is 8.75. The molecule has 3 rings (SSSR count). The van der Waals surface area contributed by atoms with Crippen molar-refractivity contribution >= 4 is 0 Å². The van der Waals surface area contributed by atoms with E-state index in [1.54, 1.807) is 0 Å². The molecule has 2 fully saturated rings. The summed E-state index contributed by atoms with van der Waals surface area (Å²) >= 11 is 0. The van der Waals surface area contributed by atoms with Crippen molar-refractivity contribution in [3.8, 4) is 0 Å². The van der Waals surface area contributed by atoms with Gasteiger partial charge in [-0.2, -0.15) is 0 Å². The van der Waals surface area contributed by atoms with Crippen LogP contribution in [0, 0.1) is 11.8 Å². The van der Waals surface area contributed by atoms with Crippen LogP contribution in [0.4, 0.5) is 0 Å². The van der Waals surface area contributed by atoms with E-state index in [-0.39, 0.29) is 6.10 Å². The van der Waals surface area contributed by atoms with E-state index >= 15 is 0 Å². The maximum absolute atomic E-state index is 10.2. The predicted octanol–water partition coefficient (Wildman–Crippen LogP) is 4.42. The van der Waals surface area contributed by atoms with E-state index in [2.05, 4.69) is 31.2 Å². The van der Waals surface area contributed by atoms with Gasteiger partial charge in [0, 0.05) is 0 Å². The number of aliphatic hydroxyl groups excluding tert-OH is 1. The molecule has 0 radical (unpaired) electrons. The molecule has 1 N–H and O–H groups in total. The standard InChI is InChI=1S/C17H24O/c1-12-11-16(12)17(18)15-9-7-14(8-10-15)13-5-3-2-4-6-13/h7-10,12-13,16-18H,2-6,11H2,1H3. The second kappa shape index (κ2) is 5.05. The van der Waals surface area contributed by atoms with Crippen LogP contribution in [0.1, 0.15) is 68.6 Å². The molecule has 1 aromatic rings. The van der Waals surface area contributed by atoms with E-state index in [0.29, 0.717) is 11.8 Å². The summed E-state index contributed by atoms with van der Waals surface area (Å²) in [4.78, 5) is 0. The van der Waals surface area contributed by atoms with E-state index in [1.807, 2.05) is 0 Å². The van der Waals surface area contributed by atoms with Gasteiger partial charge in [0.25, 0.3) is 0 Å². The quantitative estimate of drug-likeness (QED) is 0.834. The highest BCUT2D eigenvalue weighted by atomic mass is 16.3. The highest BCUT2D eigenvalue weighted by Crippen LogP contribution is 2.47. The van der Waals surface area contributed by atoms with Gasteiger partial charge in [0.2, 0.25) is 0 Å². The van der Waals surface area contributed by atoms with E-state index in [1.165, 1.54) is 44.1 Å². The number of aliphatic hydroxyl groups is 1. The van der Waals surface area contributed by atoms with Gasteiger partial charge < -0.3 is 5.11 Å². The molecule has 18 heavy (non-hydrogen) atoms. The van der Waals surface area contributed by atoms with Gasteiger partial charge in [-0.25, -0.2) is 0 Å². The van der Waals surface area contributed by atoms with Crippen molar-refractivity contribution in [2.45, 2.75) is 57.5 Å². The van der Waals surface area contributed by atoms with Crippen molar-refractivity contribution in [3.05, 3.63) is 35.4 Å². The summed E-state index contributed by atoms with van der Waals surface area (Å²) in [7, 11) is 0. The Morgan fingerprint density at radius 1 is 1.06 bits per heavy atom. The van der Waals surface area contributed by atoms with Gasteiger partial charge in [-0.1, -0.05) is 50.5 Å². The summed E-state index contributed by atoms with van der Waals surface area (Å²) in [5, 5.41) is 10.2. The second-order valence-electron chi connectivity index (χ2n) is 6.32. The molecule has 3 unspecified atom stereocenters. The summed E-state index contributed by atoms with van der Waals surface area (Å²) in [6.45, 7) is 2.23. The monoisotopic (exact) mass is 244 g/mol. The molecule has 1 aromatic carbocycles. The van der Waals surface area contributed by atoms with Crippen LogP contribution in [0.15, 0.2) is 24.3 Å². The highest BCUT2D eigenvalue weighted by molar-refractivity contribution is 5.28. The fourth-order valence-corrected chi connectivity index (χ4v) is 3.44. The minimum absolute atomic E-state index is 0.236. The zero-order valence-corrected chi connectivity index (χ0v) is 11.3. The molecule has 3 atom stereocenters. The molecule has 2 saturated carbocycles. The summed E-state index contributed by atoms with van der Waals surface area (Å²) in [5.74, 6) is 1.98. The van der Waals surface area contributed by atoms with Crippen LogP contribution in [-0.4, -0.2) is 5.11 Å². The number of hydrogen-bond acceptors (Lipinski definition) is 1. The molecule has 1 heteroatoms. The number of benzene rings is 1. The summed E-state index contributed by atoms with van der Waals surface area (Å²) < 4.78 is 0. The van der Waals surface area contributed by atoms with E-state index < -0.39 is 0 Å². The molecule has 0 amide bonds. The first-order valence-electron chi connectivity index (χ1n) is 7.53. The van der Waals surface area contributed by atoms with Gasteiger partial charge in [-0.15, -0.1) is 0 Å². The van der Waals surface area contributed by atoms with Gasteiger partial charge in [-0.3, -0.25) is 0 Å². The molecular weight excluding hydrogens is 220 g/mol. The number of hydrogen-bond donors (Lipinski definition) is 1. The van der Waals surface area contributed by atoms with Gasteiger partial charge in [0.1, 0.15) is 0 Å². The average Bonchev–Trinajstić information content (AvgIpc) is 3.16. The second-order valence-corrected chi connectivity index (χ2v) is 6.32. The molecule has 2 aliphatic rings. The topological polar surface area (TPSA) is 20.2 Å². The molecule has 0 spiro atoms. The first kappa shape index (κ1) is 12.2. The average molecular weight is 244 g/mol. The van der Waals surface area contributed by atoms with Crippen LogP contribution in [0.3, 0.4) is 0 Å². The zero-order chi connectivity index (χ0) is 12.5. The van der Waals surface area contributed by atoms with Gasteiger partial charge >= 0.3 is 0 Å². The molecule has 0 bridgehead atoms. The Bertz CT molecular complexity index is 368. The van der Waals surface area contributed by atoms with Crippen LogP contribution in [0.2, 0.25) is 0 Å². The molecule has 1 nitrogen and oxygen atoms in total. The first-order valence-corrected chi connectivity index (χ1v) is 7.53. The Kier molecular flexibility index (Phi) is 3.43. The van der Waals surface area contributed by atoms with Gasteiger partial charge in [-0.05, 0) is 48.1 Å². The van der Waals surface area contributed by atoms with Crippen molar-refractivity contribution in [1.82, 2.24) is 0 Å². The minimum atomic E-state index is -0.236. The fraction of sp³-hybridized carbons (Fsp3) is 0.647. The van der Waals surface area contributed by atoms with Gasteiger partial charge in [0.15, 0.2) is 0 Å². The Balaban J connectivity index is 1.68. The lowest BCUT2D eigenvalue weighted by Gasteiger charge is -2.22. The summed E-state index contributed by atoms with van der Waals surface area (Å²) in [5.41, 5.74) is 2.60. The summed E-state index contributed by atoms with van der Waals surface area (Å²) in [6.07, 6.45) is 7.82. The molecular formula is C17H24O. The lowest BCUT2D eigenvalue weighted by Crippen LogP contribution is -2.05. The third kappa shape index (κ3) is 2.47. The summed E-state index contributed by atoms with van der Waals surface area (Å²) in [6, 6.07) is 8.81. The van der Waals surface area contributed by atoms with E-state index in [9.17, 15) is 5.11 Å². The Labute approximate surface area is 110 Å². The Morgan fingerprint density at radius 3 is 2.22 bits per heavy atom. The van der Waals surface area contributed by atoms with E-state index in [4.69, 9.17) is 0 Å². The van der Waals surface area contributed by atoms with Crippen LogP contribution in [0.5, 0.6) is 0 Å².